The predicted molar refractivity (Wildman–Crippen MR) is 56.6 cm³/mol. The van der Waals surface area contributed by atoms with Crippen molar-refractivity contribution in [2.24, 2.45) is 0 Å². The first-order valence-corrected chi connectivity index (χ1v) is 5.12. The number of ketones is 1. The van der Waals surface area contributed by atoms with Gasteiger partial charge in [0.1, 0.15) is 17.3 Å². The number of rotatable bonds is 1. The molecular weight excluding hydrogens is 192 g/mol. The maximum absolute atomic E-state index is 11.5. The van der Waals surface area contributed by atoms with Crippen molar-refractivity contribution < 1.29 is 14.3 Å². The molecule has 1 aliphatic carbocycles. The molecule has 0 atom stereocenters. The van der Waals surface area contributed by atoms with Crippen LogP contribution < -0.4 is 0 Å². The lowest BCUT2D eigenvalue weighted by Gasteiger charge is -2.01. The summed E-state index contributed by atoms with van der Waals surface area (Å²) in [6.07, 6.45) is 2.07. The van der Waals surface area contributed by atoms with E-state index >= 15 is 0 Å². The molecule has 1 aromatic rings. The summed E-state index contributed by atoms with van der Waals surface area (Å²) in [5.41, 5.74) is 1.21. The van der Waals surface area contributed by atoms with Crippen molar-refractivity contribution in [3.63, 3.8) is 0 Å². The molecule has 0 aromatic carbocycles. The van der Waals surface area contributed by atoms with Gasteiger partial charge in [-0.2, -0.15) is 0 Å². The number of carbonyl (C=O) groups is 1. The smallest absolute Gasteiger partial charge is 0.162 e. The fraction of sp³-hybridized carbons (Fsp3) is 0.417. The monoisotopic (exact) mass is 206 g/mol. The molecule has 0 amide bonds. The maximum Gasteiger partial charge on any atom is 0.162 e. The molecule has 0 spiro atoms. The Hall–Kier alpha value is -1.51. The lowest BCUT2D eigenvalue weighted by atomic mass is 10.1. The van der Waals surface area contributed by atoms with Gasteiger partial charge in [0.15, 0.2) is 5.78 Å². The second-order valence-corrected chi connectivity index (χ2v) is 3.93. The van der Waals surface area contributed by atoms with Crippen molar-refractivity contribution in [2.75, 3.05) is 0 Å². The number of furan rings is 1. The van der Waals surface area contributed by atoms with Gasteiger partial charge in [0.05, 0.1) is 5.56 Å². The molecular formula is C12H14O3. The van der Waals surface area contributed by atoms with Gasteiger partial charge < -0.3 is 9.52 Å². The van der Waals surface area contributed by atoms with Crippen LogP contribution in [0.3, 0.4) is 0 Å². The first-order valence-electron chi connectivity index (χ1n) is 5.12. The zero-order chi connectivity index (χ0) is 11.0. The summed E-state index contributed by atoms with van der Waals surface area (Å²) in [6, 6.07) is 1.77. The Morgan fingerprint density at radius 3 is 2.60 bits per heavy atom. The zero-order valence-electron chi connectivity index (χ0n) is 8.96. The van der Waals surface area contributed by atoms with Crippen molar-refractivity contribution >= 4 is 11.5 Å². The highest BCUT2D eigenvalue weighted by Crippen LogP contribution is 2.30. The lowest BCUT2D eigenvalue weighted by molar-refractivity contribution is -0.114. The van der Waals surface area contributed by atoms with Gasteiger partial charge in [-0.1, -0.05) is 0 Å². The Morgan fingerprint density at radius 2 is 2.13 bits per heavy atom. The van der Waals surface area contributed by atoms with E-state index in [-0.39, 0.29) is 11.5 Å². The van der Waals surface area contributed by atoms with Crippen LogP contribution in [0.25, 0.3) is 5.76 Å². The van der Waals surface area contributed by atoms with E-state index in [1.165, 1.54) is 0 Å². The summed E-state index contributed by atoms with van der Waals surface area (Å²) in [6.45, 7) is 3.61. The van der Waals surface area contributed by atoms with Gasteiger partial charge in [0.2, 0.25) is 0 Å². The minimum Gasteiger partial charge on any atom is -0.507 e. The number of hydrogen-bond acceptors (Lipinski definition) is 3. The molecule has 1 aliphatic rings. The summed E-state index contributed by atoms with van der Waals surface area (Å²) in [5, 5.41) is 9.98. The minimum atomic E-state index is 0.0609. The lowest BCUT2D eigenvalue weighted by Crippen LogP contribution is -1.97. The highest BCUT2D eigenvalue weighted by molar-refractivity contribution is 6.03. The van der Waals surface area contributed by atoms with Gasteiger partial charge in [-0.3, -0.25) is 4.79 Å². The minimum absolute atomic E-state index is 0.0609. The number of aliphatic hydroxyl groups excluding tert-OH is 1. The van der Waals surface area contributed by atoms with Crippen LogP contribution in [0.5, 0.6) is 0 Å². The zero-order valence-corrected chi connectivity index (χ0v) is 8.96. The molecule has 1 N–H and O–H groups in total. The Balaban J connectivity index is 2.47. The summed E-state index contributed by atoms with van der Waals surface area (Å²) in [5.74, 6) is 1.58. The van der Waals surface area contributed by atoms with Crippen molar-refractivity contribution in [1.82, 2.24) is 0 Å². The number of aryl methyl sites for hydroxylation is 2. The van der Waals surface area contributed by atoms with Gasteiger partial charge >= 0.3 is 0 Å². The second-order valence-electron chi connectivity index (χ2n) is 3.93. The van der Waals surface area contributed by atoms with Crippen molar-refractivity contribution in [3.05, 3.63) is 28.7 Å². The van der Waals surface area contributed by atoms with Gasteiger partial charge in [0.25, 0.3) is 0 Å². The third-order valence-electron chi connectivity index (χ3n) is 2.75. The number of hydrogen-bond donors (Lipinski definition) is 1. The molecule has 1 saturated carbocycles. The normalized spacial score (nSPS) is 19.7. The topological polar surface area (TPSA) is 50.4 Å². The molecule has 0 radical (unpaired) electrons. The first-order chi connectivity index (χ1) is 7.09. The summed E-state index contributed by atoms with van der Waals surface area (Å²) in [7, 11) is 0. The van der Waals surface area contributed by atoms with Crippen molar-refractivity contribution in [1.29, 1.82) is 0 Å². The molecule has 0 aliphatic heterocycles. The fourth-order valence-electron chi connectivity index (χ4n) is 1.99. The van der Waals surface area contributed by atoms with Gasteiger partial charge in [-0.05, 0) is 32.8 Å². The first kappa shape index (κ1) is 10.0. The van der Waals surface area contributed by atoms with E-state index in [0.29, 0.717) is 29.7 Å². The van der Waals surface area contributed by atoms with Crippen LogP contribution >= 0.6 is 0 Å². The molecule has 2 rings (SSSR count). The Morgan fingerprint density at radius 1 is 1.40 bits per heavy atom. The van der Waals surface area contributed by atoms with Crippen LogP contribution in [-0.4, -0.2) is 10.9 Å². The molecule has 1 fully saturated rings. The molecule has 1 heterocycles. The van der Waals surface area contributed by atoms with E-state index < -0.39 is 0 Å². The summed E-state index contributed by atoms with van der Waals surface area (Å²) < 4.78 is 5.32. The molecule has 1 aromatic heterocycles. The van der Waals surface area contributed by atoms with Crippen molar-refractivity contribution in [2.45, 2.75) is 33.1 Å². The third kappa shape index (κ3) is 1.69. The SMILES string of the molecule is Cc1cc(C(O)=C2CCCC2=O)c(C)o1. The molecule has 0 unspecified atom stereocenters. The highest BCUT2D eigenvalue weighted by atomic mass is 16.3. The Labute approximate surface area is 88.4 Å². The Kier molecular flexibility index (Phi) is 2.39. The average molecular weight is 206 g/mol. The molecule has 3 nitrogen and oxygen atoms in total. The van der Waals surface area contributed by atoms with E-state index in [1.807, 2.05) is 6.92 Å². The molecule has 0 bridgehead atoms. The predicted octanol–water partition coefficient (Wildman–Crippen LogP) is 2.92. The number of aliphatic hydroxyl groups is 1. The molecule has 80 valence electrons. The number of carbonyl (C=O) groups excluding carboxylic acids is 1. The molecule has 0 saturated heterocycles. The van der Waals surface area contributed by atoms with Gasteiger partial charge in [-0.25, -0.2) is 0 Å². The summed E-state index contributed by atoms with van der Waals surface area (Å²) in [4.78, 5) is 11.5. The fourth-order valence-corrected chi connectivity index (χ4v) is 1.99. The third-order valence-corrected chi connectivity index (χ3v) is 2.75. The van der Waals surface area contributed by atoms with Crippen LogP contribution in [0.15, 0.2) is 16.1 Å². The standard InChI is InChI=1S/C12H14O3/c1-7-6-10(8(2)15-7)12(14)9-4-3-5-11(9)13/h6,14H,3-5H2,1-2H3. The number of Topliss-reactive ketones (excluding diaryl/α,β-unsaturated/α-hetero) is 1. The summed E-state index contributed by atoms with van der Waals surface area (Å²) >= 11 is 0. The van der Waals surface area contributed by atoms with Crippen molar-refractivity contribution in [3.8, 4) is 0 Å². The maximum atomic E-state index is 11.5. The van der Waals surface area contributed by atoms with E-state index in [4.69, 9.17) is 4.42 Å². The van der Waals surface area contributed by atoms with Crippen LogP contribution in [0, 0.1) is 13.8 Å². The van der Waals surface area contributed by atoms with Gasteiger partial charge in [-0.15, -0.1) is 0 Å². The van der Waals surface area contributed by atoms with Crippen LogP contribution in [-0.2, 0) is 4.79 Å². The highest BCUT2D eigenvalue weighted by Gasteiger charge is 2.23. The van der Waals surface area contributed by atoms with Crippen LogP contribution in [0.2, 0.25) is 0 Å². The van der Waals surface area contributed by atoms with E-state index in [9.17, 15) is 9.90 Å². The average Bonchev–Trinajstić information content (AvgIpc) is 2.71. The number of allylic oxidation sites excluding steroid dienone is 1. The van der Waals surface area contributed by atoms with E-state index in [0.717, 1.165) is 12.2 Å². The Bertz CT molecular complexity index is 438. The van der Waals surface area contributed by atoms with E-state index in [2.05, 4.69) is 0 Å². The quantitative estimate of drug-likeness (QED) is 0.567. The van der Waals surface area contributed by atoms with Gasteiger partial charge in [0, 0.05) is 12.0 Å². The molecule has 15 heavy (non-hydrogen) atoms. The van der Waals surface area contributed by atoms with Crippen LogP contribution in [0.1, 0.15) is 36.3 Å². The van der Waals surface area contributed by atoms with E-state index in [1.54, 1.807) is 13.0 Å². The largest absolute Gasteiger partial charge is 0.507 e. The van der Waals surface area contributed by atoms with Crippen LogP contribution in [0.4, 0.5) is 0 Å². The molecule has 3 heteroatoms. The second kappa shape index (κ2) is 3.57.